The number of halogens is 1. The van der Waals surface area contributed by atoms with Crippen molar-refractivity contribution in [1.82, 2.24) is 14.7 Å². The van der Waals surface area contributed by atoms with Crippen molar-refractivity contribution in [3.05, 3.63) is 23.5 Å². The molecule has 1 N–H and O–H groups in total. The molecule has 5 heteroatoms. The minimum atomic E-state index is 0.888. The van der Waals surface area contributed by atoms with Crippen molar-refractivity contribution in [3.8, 4) is 0 Å². The lowest BCUT2D eigenvalue weighted by molar-refractivity contribution is 0.615. The topological polar surface area (TPSA) is 29.3 Å². The predicted molar refractivity (Wildman–Crippen MR) is 77.5 cm³/mol. The van der Waals surface area contributed by atoms with E-state index in [0.29, 0.717) is 0 Å². The van der Waals surface area contributed by atoms with Gasteiger partial charge >= 0.3 is 0 Å². The van der Waals surface area contributed by atoms with Crippen LogP contribution in [0.3, 0.4) is 0 Å². The summed E-state index contributed by atoms with van der Waals surface area (Å²) >= 11 is 4.11. The number of thiazole rings is 1. The summed E-state index contributed by atoms with van der Waals surface area (Å²) in [5.74, 6) is 0. The minimum absolute atomic E-state index is 0.888. The van der Waals surface area contributed by atoms with Gasteiger partial charge in [-0.15, -0.1) is 11.3 Å². The number of alkyl halides is 1. The molecule has 0 bridgehead atoms. The number of nitrogens with zero attached hydrogens (tertiary/aromatic N) is 2. The summed E-state index contributed by atoms with van der Waals surface area (Å²) < 4.78 is 3.35. The number of hydrogen-bond donors (Lipinski definition) is 1. The van der Waals surface area contributed by atoms with Crippen LogP contribution in [0, 0.1) is 0 Å². The highest BCUT2D eigenvalue weighted by molar-refractivity contribution is 14.1. The Labute approximate surface area is 113 Å². The van der Waals surface area contributed by atoms with Gasteiger partial charge in [-0.2, -0.15) is 0 Å². The molecule has 0 radical (unpaired) electrons. The Morgan fingerprint density at radius 1 is 1.38 bits per heavy atom. The van der Waals surface area contributed by atoms with E-state index in [9.17, 15) is 0 Å². The molecule has 0 spiro atoms. The first-order valence-electron chi connectivity index (χ1n) is 5.58. The standard InChI is InChI=1S/C11H16IN3S/c12-4-2-1-3-5-13-8-10-9-15-6-7-16-11(15)14-10/h6-7,9,13H,1-5,8H2. The first-order chi connectivity index (χ1) is 7.90. The van der Waals surface area contributed by atoms with Crippen LogP contribution in [0.1, 0.15) is 25.0 Å². The van der Waals surface area contributed by atoms with E-state index in [2.05, 4.69) is 55.1 Å². The molecule has 2 rings (SSSR count). The Morgan fingerprint density at radius 3 is 3.12 bits per heavy atom. The highest BCUT2D eigenvalue weighted by atomic mass is 127. The highest BCUT2D eigenvalue weighted by Gasteiger charge is 2.01. The van der Waals surface area contributed by atoms with Crippen LogP contribution >= 0.6 is 33.9 Å². The molecule has 0 aliphatic carbocycles. The van der Waals surface area contributed by atoms with Gasteiger partial charge in [-0.25, -0.2) is 4.98 Å². The molecule has 16 heavy (non-hydrogen) atoms. The molecule has 0 saturated carbocycles. The molecule has 88 valence electrons. The maximum Gasteiger partial charge on any atom is 0.193 e. The van der Waals surface area contributed by atoms with Gasteiger partial charge < -0.3 is 5.32 Å². The Morgan fingerprint density at radius 2 is 2.31 bits per heavy atom. The second kappa shape index (κ2) is 6.56. The van der Waals surface area contributed by atoms with Crippen molar-refractivity contribution >= 4 is 38.9 Å². The third-order valence-electron chi connectivity index (χ3n) is 2.44. The molecule has 0 aliphatic rings. The van der Waals surface area contributed by atoms with Gasteiger partial charge in [0, 0.05) is 24.3 Å². The lowest BCUT2D eigenvalue weighted by Crippen LogP contribution is -2.14. The number of aromatic nitrogens is 2. The molecule has 3 nitrogen and oxygen atoms in total. The van der Waals surface area contributed by atoms with Gasteiger partial charge in [0.1, 0.15) is 0 Å². The van der Waals surface area contributed by atoms with Gasteiger partial charge in [0.25, 0.3) is 0 Å². The smallest absolute Gasteiger partial charge is 0.193 e. The van der Waals surface area contributed by atoms with E-state index in [-0.39, 0.29) is 0 Å². The van der Waals surface area contributed by atoms with E-state index >= 15 is 0 Å². The molecular formula is C11H16IN3S. The van der Waals surface area contributed by atoms with Gasteiger partial charge in [0.2, 0.25) is 0 Å². The maximum absolute atomic E-state index is 4.52. The SMILES string of the molecule is ICCCCCNCc1cn2ccsc2n1. The van der Waals surface area contributed by atoms with Crippen molar-refractivity contribution < 1.29 is 0 Å². The molecule has 0 aliphatic heterocycles. The first kappa shape index (κ1) is 12.3. The summed E-state index contributed by atoms with van der Waals surface area (Å²) in [5.41, 5.74) is 1.14. The van der Waals surface area contributed by atoms with Crippen molar-refractivity contribution in [2.75, 3.05) is 11.0 Å². The number of fused-ring (bicyclic) bond motifs is 1. The average molecular weight is 349 g/mol. The van der Waals surface area contributed by atoms with Crippen LogP contribution in [0.2, 0.25) is 0 Å². The summed E-state index contributed by atoms with van der Waals surface area (Å²) in [6.07, 6.45) is 8.09. The Bertz CT molecular complexity index is 395. The van der Waals surface area contributed by atoms with Gasteiger partial charge in [0.15, 0.2) is 4.96 Å². The van der Waals surface area contributed by atoms with E-state index < -0.39 is 0 Å². The molecule has 0 saturated heterocycles. The van der Waals surface area contributed by atoms with Crippen LogP contribution in [0.5, 0.6) is 0 Å². The van der Waals surface area contributed by atoms with E-state index in [1.807, 2.05) is 0 Å². The van der Waals surface area contributed by atoms with Crippen LogP contribution < -0.4 is 5.32 Å². The Balaban J connectivity index is 1.68. The van der Waals surface area contributed by atoms with Crippen LogP contribution in [-0.2, 0) is 6.54 Å². The lowest BCUT2D eigenvalue weighted by atomic mass is 10.2. The van der Waals surface area contributed by atoms with Crippen LogP contribution in [-0.4, -0.2) is 20.4 Å². The molecule has 0 unspecified atom stereocenters. The summed E-state index contributed by atoms with van der Waals surface area (Å²) in [5, 5.41) is 5.50. The fraction of sp³-hybridized carbons (Fsp3) is 0.545. The zero-order valence-electron chi connectivity index (χ0n) is 9.16. The first-order valence-corrected chi connectivity index (χ1v) is 7.98. The predicted octanol–water partition coefficient (Wildman–Crippen LogP) is 3.09. The zero-order valence-corrected chi connectivity index (χ0v) is 12.1. The molecule has 0 atom stereocenters. The number of imidazole rings is 1. The van der Waals surface area contributed by atoms with Crippen LogP contribution in [0.25, 0.3) is 4.96 Å². The summed E-state index contributed by atoms with van der Waals surface area (Å²) in [7, 11) is 0. The fourth-order valence-corrected chi connectivity index (χ4v) is 2.86. The van der Waals surface area contributed by atoms with Gasteiger partial charge in [-0.05, 0) is 23.8 Å². The van der Waals surface area contributed by atoms with Gasteiger partial charge in [0.05, 0.1) is 5.69 Å². The maximum atomic E-state index is 4.52. The van der Waals surface area contributed by atoms with Crippen molar-refractivity contribution in [2.24, 2.45) is 0 Å². The number of hydrogen-bond acceptors (Lipinski definition) is 3. The van der Waals surface area contributed by atoms with Crippen LogP contribution in [0.15, 0.2) is 17.8 Å². The Hall–Kier alpha value is -0.140. The largest absolute Gasteiger partial charge is 0.311 e. The normalized spacial score (nSPS) is 11.3. The van der Waals surface area contributed by atoms with E-state index in [4.69, 9.17) is 0 Å². The van der Waals surface area contributed by atoms with E-state index in [1.54, 1.807) is 11.3 Å². The summed E-state index contributed by atoms with van der Waals surface area (Å²) in [4.78, 5) is 5.61. The molecule has 2 aromatic rings. The van der Waals surface area contributed by atoms with Crippen molar-refractivity contribution in [2.45, 2.75) is 25.8 Å². The highest BCUT2D eigenvalue weighted by Crippen LogP contribution is 2.10. The lowest BCUT2D eigenvalue weighted by Gasteiger charge is -2.01. The second-order valence-corrected chi connectivity index (χ2v) is 5.70. The third-order valence-corrected chi connectivity index (χ3v) is 3.97. The van der Waals surface area contributed by atoms with E-state index in [1.165, 1.54) is 23.7 Å². The fourth-order valence-electron chi connectivity index (χ4n) is 1.60. The Kier molecular flexibility index (Phi) is 5.05. The molecule has 0 fully saturated rings. The molecule has 2 heterocycles. The number of nitrogens with one attached hydrogen (secondary N) is 1. The van der Waals surface area contributed by atoms with Gasteiger partial charge in [-0.1, -0.05) is 29.0 Å². The zero-order chi connectivity index (χ0) is 11.2. The minimum Gasteiger partial charge on any atom is -0.311 e. The van der Waals surface area contributed by atoms with Crippen molar-refractivity contribution in [3.63, 3.8) is 0 Å². The molecule has 0 aromatic carbocycles. The molecule has 0 amide bonds. The average Bonchev–Trinajstić information content (AvgIpc) is 2.83. The summed E-state index contributed by atoms with van der Waals surface area (Å²) in [6.45, 7) is 1.99. The second-order valence-electron chi connectivity index (χ2n) is 3.75. The van der Waals surface area contributed by atoms with Crippen molar-refractivity contribution in [1.29, 1.82) is 0 Å². The quantitative estimate of drug-likeness (QED) is 0.473. The molecule has 2 aromatic heterocycles. The third kappa shape index (κ3) is 3.43. The van der Waals surface area contributed by atoms with Gasteiger partial charge in [-0.3, -0.25) is 4.40 Å². The summed E-state index contributed by atoms with van der Waals surface area (Å²) in [6, 6.07) is 0. The van der Waals surface area contributed by atoms with Crippen LogP contribution in [0.4, 0.5) is 0 Å². The molecular weight excluding hydrogens is 333 g/mol. The number of rotatable bonds is 7. The monoisotopic (exact) mass is 349 g/mol. The number of unbranched alkanes of at least 4 members (excludes halogenated alkanes) is 2. The van der Waals surface area contributed by atoms with E-state index in [0.717, 1.165) is 23.7 Å².